The van der Waals surface area contributed by atoms with Crippen molar-refractivity contribution in [2.24, 2.45) is 0 Å². The summed E-state index contributed by atoms with van der Waals surface area (Å²) >= 11 is 1.74. The topological polar surface area (TPSA) is 49.8 Å². The maximum absolute atomic E-state index is 10.5. The molecule has 0 saturated carbocycles. The minimum atomic E-state index is -0.910. The van der Waals surface area contributed by atoms with Gasteiger partial charge >= 0.3 is 5.97 Å². The molecule has 1 saturated heterocycles. The Bertz CT molecular complexity index is 441. The first-order valence-electron chi connectivity index (χ1n) is 6.22. The quantitative estimate of drug-likeness (QED) is 0.809. The fourth-order valence-electron chi connectivity index (χ4n) is 2.33. The average Bonchev–Trinajstić information content (AvgIpc) is 2.35. The summed E-state index contributed by atoms with van der Waals surface area (Å²) in [5.41, 5.74) is 0.968. The van der Waals surface area contributed by atoms with Crippen molar-refractivity contribution in [2.75, 3.05) is 26.0 Å². The van der Waals surface area contributed by atoms with Crippen LogP contribution in [0.1, 0.15) is 12.5 Å². The predicted octanol–water partition coefficient (Wildman–Crippen LogP) is 2.08. The molecule has 5 heteroatoms. The molecule has 0 bridgehead atoms. The molecule has 1 N–H and O–H groups in total. The maximum Gasteiger partial charge on any atom is 0.329 e. The third kappa shape index (κ3) is 3.96. The highest BCUT2D eigenvalue weighted by molar-refractivity contribution is 7.98. The third-order valence-corrected chi connectivity index (χ3v) is 3.97. The van der Waals surface area contributed by atoms with E-state index in [1.54, 1.807) is 11.8 Å². The average molecular weight is 281 g/mol. The van der Waals surface area contributed by atoms with Crippen molar-refractivity contribution in [3.8, 4) is 0 Å². The van der Waals surface area contributed by atoms with Gasteiger partial charge in [0.05, 0.1) is 5.60 Å². The summed E-state index contributed by atoms with van der Waals surface area (Å²) < 4.78 is 5.39. The summed E-state index contributed by atoms with van der Waals surface area (Å²) in [6.45, 7) is 4.20. The number of likely N-dealkylation sites (tertiary alicyclic amines) is 1. The monoisotopic (exact) mass is 281 g/mol. The van der Waals surface area contributed by atoms with Crippen LogP contribution in [0.25, 0.3) is 0 Å². The molecule has 1 heterocycles. The van der Waals surface area contributed by atoms with Gasteiger partial charge in [0.25, 0.3) is 0 Å². The molecule has 1 aliphatic rings. The lowest BCUT2D eigenvalue weighted by Crippen LogP contribution is -2.61. The van der Waals surface area contributed by atoms with Gasteiger partial charge < -0.3 is 9.84 Å². The first-order valence-corrected chi connectivity index (χ1v) is 7.44. The first-order chi connectivity index (χ1) is 9.00. The normalized spacial score (nSPS) is 18.0. The van der Waals surface area contributed by atoms with Crippen molar-refractivity contribution in [1.29, 1.82) is 0 Å². The van der Waals surface area contributed by atoms with E-state index in [1.165, 1.54) is 10.5 Å². The SMILES string of the molecule is CSc1ccc(CN2CC(C)(OCC(=O)O)C2)cc1. The number of ether oxygens (including phenoxy) is 1. The zero-order valence-corrected chi connectivity index (χ0v) is 12.1. The molecule has 0 spiro atoms. The zero-order valence-electron chi connectivity index (χ0n) is 11.3. The van der Waals surface area contributed by atoms with Gasteiger partial charge in [0, 0.05) is 24.5 Å². The Labute approximate surface area is 117 Å². The maximum atomic E-state index is 10.5. The third-order valence-electron chi connectivity index (χ3n) is 3.23. The predicted molar refractivity (Wildman–Crippen MR) is 75.5 cm³/mol. The number of carbonyl (C=O) groups is 1. The fourth-order valence-corrected chi connectivity index (χ4v) is 2.74. The van der Waals surface area contributed by atoms with Gasteiger partial charge in [-0.05, 0) is 30.9 Å². The second kappa shape index (κ2) is 5.94. The van der Waals surface area contributed by atoms with Crippen molar-refractivity contribution in [3.05, 3.63) is 29.8 Å². The summed E-state index contributed by atoms with van der Waals surface area (Å²) in [6.07, 6.45) is 2.07. The molecule has 1 fully saturated rings. The van der Waals surface area contributed by atoms with Crippen molar-refractivity contribution in [3.63, 3.8) is 0 Å². The van der Waals surface area contributed by atoms with Crippen LogP contribution >= 0.6 is 11.8 Å². The van der Waals surface area contributed by atoms with Crippen LogP contribution in [-0.4, -0.2) is 47.5 Å². The summed E-state index contributed by atoms with van der Waals surface area (Å²) in [5.74, 6) is -0.910. The molecular weight excluding hydrogens is 262 g/mol. The molecule has 19 heavy (non-hydrogen) atoms. The van der Waals surface area contributed by atoms with E-state index in [2.05, 4.69) is 35.4 Å². The molecule has 4 nitrogen and oxygen atoms in total. The highest BCUT2D eigenvalue weighted by Gasteiger charge is 2.39. The van der Waals surface area contributed by atoms with Crippen molar-refractivity contribution in [1.82, 2.24) is 4.90 Å². The van der Waals surface area contributed by atoms with Gasteiger partial charge in [-0.25, -0.2) is 4.79 Å². The van der Waals surface area contributed by atoms with E-state index in [4.69, 9.17) is 9.84 Å². The van der Waals surface area contributed by atoms with Gasteiger partial charge in [0.2, 0.25) is 0 Å². The number of carboxylic acids is 1. The number of carboxylic acid groups (broad SMARTS) is 1. The Morgan fingerprint density at radius 1 is 1.42 bits per heavy atom. The lowest BCUT2D eigenvalue weighted by Gasteiger charge is -2.47. The van der Waals surface area contributed by atoms with Crippen molar-refractivity contribution >= 4 is 17.7 Å². The molecule has 1 aromatic rings. The first kappa shape index (κ1) is 14.4. The van der Waals surface area contributed by atoms with E-state index < -0.39 is 5.97 Å². The Morgan fingerprint density at radius 3 is 2.58 bits per heavy atom. The smallest absolute Gasteiger partial charge is 0.329 e. The number of thioether (sulfide) groups is 1. The van der Waals surface area contributed by atoms with E-state index in [0.29, 0.717) is 0 Å². The molecule has 0 aromatic heterocycles. The van der Waals surface area contributed by atoms with Crippen molar-refractivity contribution < 1.29 is 14.6 Å². The van der Waals surface area contributed by atoms with Gasteiger partial charge in [-0.15, -0.1) is 11.8 Å². The summed E-state index contributed by atoms with van der Waals surface area (Å²) in [4.78, 5) is 14.0. The Balaban J connectivity index is 1.78. The molecule has 0 amide bonds. The van der Waals surface area contributed by atoms with Crippen LogP contribution in [-0.2, 0) is 16.1 Å². The molecule has 0 aliphatic carbocycles. The molecule has 0 unspecified atom stereocenters. The minimum Gasteiger partial charge on any atom is -0.480 e. The molecule has 104 valence electrons. The standard InChI is InChI=1S/C14H19NO3S/c1-14(18-8-13(16)17)9-15(10-14)7-11-3-5-12(19-2)6-4-11/h3-6H,7-10H2,1-2H3,(H,16,17). The van der Waals surface area contributed by atoms with Gasteiger partial charge in [-0.2, -0.15) is 0 Å². The second-order valence-corrected chi connectivity index (χ2v) is 6.01. The molecular formula is C14H19NO3S. The highest BCUT2D eigenvalue weighted by Crippen LogP contribution is 2.26. The zero-order chi connectivity index (χ0) is 13.9. The Kier molecular flexibility index (Phi) is 4.50. The van der Waals surface area contributed by atoms with E-state index in [-0.39, 0.29) is 12.2 Å². The number of rotatable bonds is 6. The molecule has 1 aliphatic heterocycles. The lowest BCUT2D eigenvalue weighted by molar-refractivity contribution is -0.165. The fraction of sp³-hybridized carbons (Fsp3) is 0.500. The van der Waals surface area contributed by atoms with E-state index in [1.807, 2.05) is 6.92 Å². The van der Waals surface area contributed by atoms with Gasteiger partial charge in [0.15, 0.2) is 0 Å². The van der Waals surface area contributed by atoms with Gasteiger partial charge in [-0.3, -0.25) is 4.90 Å². The number of aliphatic carboxylic acids is 1. The number of nitrogens with zero attached hydrogens (tertiary/aromatic N) is 1. The molecule has 2 rings (SSSR count). The summed E-state index contributed by atoms with van der Waals surface area (Å²) in [5, 5.41) is 8.61. The summed E-state index contributed by atoms with van der Waals surface area (Å²) in [6, 6.07) is 8.53. The lowest BCUT2D eigenvalue weighted by atomic mass is 9.95. The van der Waals surface area contributed by atoms with Crippen LogP contribution in [0.3, 0.4) is 0 Å². The number of hydrogen-bond acceptors (Lipinski definition) is 4. The Hall–Kier alpha value is -1.04. The van der Waals surface area contributed by atoms with Crippen LogP contribution in [0.5, 0.6) is 0 Å². The van der Waals surface area contributed by atoms with Crippen LogP contribution in [0.15, 0.2) is 29.2 Å². The van der Waals surface area contributed by atoms with E-state index in [9.17, 15) is 4.79 Å². The van der Waals surface area contributed by atoms with Crippen LogP contribution in [0.4, 0.5) is 0 Å². The van der Waals surface area contributed by atoms with Crippen LogP contribution in [0, 0.1) is 0 Å². The second-order valence-electron chi connectivity index (χ2n) is 5.13. The highest BCUT2D eigenvalue weighted by atomic mass is 32.2. The minimum absolute atomic E-state index is 0.216. The van der Waals surface area contributed by atoms with Crippen LogP contribution < -0.4 is 0 Å². The molecule has 0 atom stereocenters. The van der Waals surface area contributed by atoms with Crippen molar-refractivity contribution in [2.45, 2.75) is 24.0 Å². The van der Waals surface area contributed by atoms with E-state index in [0.717, 1.165) is 19.6 Å². The Morgan fingerprint density at radius 2 is 2.05 bits per heavy atom. The largest absolute Gasteiger partial charge is 0.480 e. The number of hydrogen-bond donors (Lipinski definition) is 1. The molecule has 1 aromatic carbocycles. The van der Waals surface area contributed by atoms with Gasteiger partial charge in [0.1, 0.15) is 6.61 Å². The van der Waals surface area contributed by atoms with Crippen LogP contribution in [0.2, 0.25) is 0 Å². The number of benzene rings is 1. The van der Waals surface area contributed by atoms with Gasteiger partial charge in [-0.1, -0.05) is 12.1 Å². The van der Waals surface area contributed by atoms with E-state index >= 15 is 0 Å². The summed E-state index contributed by atoms with van der Waals surface area (Å²) in [7, 11) is 0. The molecule has 0 radical (unpaired) electrons.